The summed E-state index contributed by atoms with van der Waals surface area (Å²) in [5, 5.41) is 52.0. The number of hydrogen-bond acceptors (Lipinski definition) is 8. The van der Waals surface area contributed by atoms with Crippen molar-refractivity contribution in [2.24, 2.45) is 39.9 Å². The monoisotopic (exact) mass is 621 g/mol. The molecule has 0 spiro atoms. The van der Waals surface area contributed by atoms with Gasteiger partial charge in [-0.3, -0.25) is 4.79 Å². The molecule has 0 unspecified atom stereocenters. The Morgan fingerprint density at radius 3 is 2.16 bits per heavy atom. The highest BCUT2D eigenvalue weighted by molar-refractivity contribution is 5.88. The summed E-state index contributed by atoms with van der Waals surface area (Å²) < 4.78 is 5.87. The molecule has 4 aliphatic carbocycles. The largest absolute Gasteiger partial charge is 0.478 e. The minimum absolute atomic E-state index is 0.0474. The van der Waals surface area contributed by atoms with Crippen LogP contribution in [0.4, 0.5) is 0 Å². The Labute approximate surface area is 264 Å². The van der Waals surface area contributed by atoms with Crippen LogP contribution in [0.5, 0.6) is 0 Å². The summed E-state index contributed by atoms with van der Waals surface area (Å²) in [6, 6.07) is 0. The number of fused-ring (bicyclic) bond motifs is 5. The first kappa shape index (κ1) is 36.7. The van der Waals surface area contributed by atoms with Gasteiger partial charge in [0, 0.05) is 25.6 Å². The van der Waals surface area contributed by atoms with E-state index in [0.717, 1.165) is 36.8 Å². The van der Waals surface area contributed by atoms with Gasteiger partial charge in [0.2, 0.25) is 0 Å². The first-order valence-electron chi connectivity index (χ1n) is 16.6. The molecule has 44 heavy (non-hydrogen) atoms. The predicted molar refractivity (Wildman–Crippen MR) is 170 cm³/mol. The van der Waals surface area contributed by atoms with Crippen molar-refractivity contribution >= 4 is 11.9 Å². The first-order chi connectivity index (χ1) is 20.6. The van der Waals surface area contributed by atoms with Crippen molar-refractivity contribution in [3.05, 3.63) is 22.8 Å². The summed E-state index contributed by atoms with van der Waals surface area (Å²) >= 11 is 0. The zero-order valence-electron chi connectivity index (χ0n) is 28.1. The number of aliphatic hydroxyl groups excluding tert-OH is 4. The number of carbonyl (C=O) groups is 2. The van der Waals surface area contributed by atoms with Crippen LogP contribution in [0.3, 0.4) is 0 Å². The molecule has 252 valence electrons. The van der Waals surface area contributed by atoms with E-state index in [1.165, 1.54) is 6.92 Å². The Morgan fingerprint density at radius 1 is 0.977 bits per heavy atom. The number of aliphatic hydroxyl groups is 4. The van der Waals surface area contributed by atoms with Gasteiger partial charge in [-0.2, -0.15) is 0 Å². The molecular weight excluding hydrogens is 562 g/mol. The van der Waals surface area contributed by atoms with E-state index in [2.05, 4.69) is 33.0 Å². The minimum Gasteiger partial charge on any atom is -0.478 e. The summed E-state index contributed by atoms with van der Waals surface area (Å²) in [5.41, 5.74) is 1.57. The lowest BCUT2D eigenvalue weighted by molar-refractivity contribution is -0.234. The van der Waals surface area contributed by atoms with Gasteiger partial charge < -0.3 is 35.6 Å². The van der Waals surface area contributed by atoms with Gasteiger partial charge in [-0.05, 0) is 111 Å². The lowest BCUT2D eigenvalue weighted by atomic mass is 9.36. The number of allylic oxidation sites excluding steroid dienone is 2. The molecular formula is C35H59NO8. The fourth-order valence-electron chi connectivity index (χ4n) is 10.1. The maximum Gasteiger partial charge on any atom is 0.331 e. The van der Waals surface area contributed by atoms with Crippen molar-refractivity contribution in [3.8, 4) is 0 Å². The molecule has 0 bridgehead atoms. The zero-order valence-corrected chi connectivity index (χ0v) is 28.1. The third-order valence-corrected chi connectivity index (χ3v) is 12.1. The third kappa shape index (κ3) is 6.97. The Balaban J connectivity index is 0.000000676. The summed E-state index contributed by atoms with van der Waals surface area (Å²) in [5.74, 6) is -0.909. The highest BCUT2D eigenvalue weighted by atomic mass is 16.5. The lowest BCUT2D eigenvalue weighted by Crippen LogP contribution is -2.65. The van der Waals surface area contributed by atoms with E-state index in [9.17, 15) is 24.9 Å². The van der Waals surface area contributed by atoms with Gasteiger partial charge in [-0.25, -0.2) is 4.79 Å². The van der Waals surface area contributed by atoms with Crippen molar-refractivity contribution in [1.29, 1.82) is 0 Å². The van der Waals surface area contributed by atoms with E-state index in [1.54, 1.807) is 0 Å². The Morgan fingerprint density at radius 2 is 1.61 bits per heavy atom. The number of carbonyl (C=O) groups excluding carboxylic acids is 1. The maximum atomic E-state index is 12.6. The highest BCUT2D eigenvalue weighted by Crippen LogP contribution is 2.74. The van der Waals surface area contributed by atoms with Gasteiger partial charge >= 0.3 is 11.9 Å². The Hall–Kier alpha value is -1.78. The second-order valence-electron chi connectivity index (χ2n) is 14.8. The van der Waals surface area contributed by atoms with Crippen LogP contribution >= 0.6 is 0 Å². The SMILES string of the molecule is CC(=O)O[C@H]1C[C@@]2(C)[C@@H](C[C@@H](O)[C@H]3[C@@]4(C)CC[C@@H](O)[C@@H](C)[C@@H]4CC[C@@]32C)C1=C(CCC=C(C)C)C(=O)O.OCCNCCO. The molecule has 9 nitrogen and oxygen atoms in total. The van der Waals surface area contributed by atoms with Crippen molar-refractivity contribution in [1.82, 2.24) is 5.32 Å². The van der Waals surface area contributed by atoms with Crippen LogP contribution in [-0.2, 0) is 14.3 Å². The number of carboxylic acids is 1. The van der Waals surface area contributed by atoms with Crippen LogP contribution in [0.15, 0.2) is 22.8 Å². The molecule has 0 aromatic heterocycles. The number of hydrogen-bond donors (Lipinski definition) is 6. The zero-order chi connectivity index (χ0) is 33.0. The van der Waals surface area contributed by atoms with E-state index in [0.29, 0.717) is 50.3 Å². The fraction of sp³-hybridized carbons (Fsp3) is 0.829. The highest BCUT2D eigenvalue weighted by Gasteiger charge is 2.70. The molecule has 0 radical (unpaired) electrons. The number of esters is 1. The molecule has 6 N–H and O–H groups in total. The molecule has 4 fully saturated rings. The summed E-state index contributed by atoms with van der Waals surface area (Å²) in [4.78, 5) is 24.8. The van der Waals surface area contributed by atoms with Gasteiger partial charge in [0.05, 0.1) is 25.4 Å². The Bertz CT molecular complexity index is 1080. The van der Waals surface area contributed by atoms with Crippen LogP contribution in [0, 0.1) is 39.9 Å². The second-order valence-corrected chi connectivity index (χ2v) is 14.8. The van der Waals surface area contributed by atoms with Gasteiger partial charge in [-0.1, -0.05) is 39.3 Å². The van der Waals surface area contributed by atoms with Gasteiger partial charge in [-0.15, -0.1) is 0 Å². The molecule has 4 saturated carbocycles. The number of rotatable bonds is 9. The topological polar surface area (TPSA) is 157 Å². The van der Waals surface area contributed by atoms with Crippen LogP contribution in [-0.4, -0.2) is 82.1 Å². The van der Waals surface area contributed by atoms with E-state index < -0.39 is 24.1 Å². The average Bonchev–Trinajstić information content (AvgIpc) is 3.20. The standard InChI is InChI=1S/C31H48O6.C4H11NO2/c1-17(2)9-8-10-20(28(35)36)26-22-15-24(34)27-29(5)13-12-23(33)18(3)21(29)11-14-30(27,6)31(22,7)16-25(26)37-19(4)32;6-3-1-5-2-4-7/h9,18,21-25,27,33-34H,8,10-16H2,1-7H3,(H,35,36);5-7H,1-4H2/t18-,21-,22-,23+,24+,25-,27-,29-,30-,31-;/m0./s1. The van der Waals surface area contributed by atoms with Gasteiger partial charge in [0.15, 0.2) is 0 Å². The van der Waals surface area contributed by atoms with Crippen molar-refractivity contribution in [2.75, 3.05) is 26.3 Å². The van der Waals surface area contributed by atoms with Gasteiger partial charge in [0.1, 0.15) is 6.10 Å². The van der Waals surface area contributed by atoms with Crippen LogP contribution in [0.25, 0.3) is 0 Å². The second kappa shape index (κ2) is 14.8. The minimum atomic E-state index is -0.953. The molecule has 10 atom stereocenters. The fourth-order valence-corrected chi connectivity index (χ4v) is 10.1. The molecule has 0 aliphatic heterocycles. The van der Waals surface area contributed by atoms with Gasteiger partial charge in [0.25, 0.3) is 0 Å². The van der Waals surface area contributed by atoms with Crippen LogP contribution in [0.1, 0.15) is 99.8 Å². The molecule has 0 aromatic rings. The van der Waals surface area contributed by atoms with Crippen molar-refractivity contribution in [2.45, 2.75) is 118 Å². The lowest BCUT2D eigenvalue weighted by Gasteiger charge is -2.69. The molecule has 4 rings (SSSR count). The van der Waals surface area contributed by atoms with Crippen LogP contribution < -0.4 is 5.32 Å². The number of ether oxygens (including phenoxy) is 1. The molecule has 0 aromatic carbocycles. The summed E-state index contributed by atoms with van der Waals surface area (Å²) in [6.45, 7) is 15.9. The summed E-state index contributed by atoms with van der Waals surface area (Å²) in [7, 11) is 0. The predicted octanol–water partition coefficient (Wildman–Crippen LogP) is 4.23. The molecule has 0 saturated heterocycles. The smallest absolute Gasteiger partial charge is 0.331 e. The average molecular weight is 622 g/mol. The quantitative estimate of drug-likeness (QED) is 0.0960. The summed E-state index contributed by atoms with van der Waals surface area (Å²) in [6.07, 6.45) is 6.22. The Kier molecular flexibility index (Phi) is 12.3. The van der Waals surface area contributed by atoms with E-state index in [1.807, 2.05) is 19.9 Å². The number of carboxylic acid groups (broad SMARTS) is 1. The van der Waals surface area contributed by atoms with Crippen LogP contribution in [0.2, 0.25) is 0 Å². The van der Waals surface area contributed by atoms with E-state index in [4.69, 9.17) is 14.9 Å². The number of nitrogens with one attached hydrogen (secondary N) is 1. The molecule has 9 heteroatoms. The van der Waals surface area contributed by atoms with Crippen molar-refractivity contribution < 1.29 is 39.9 Å². The normalized spacial score (nSPS) is 40.4. The molecule has 0 heterocycles. The molecule has 0 amide bonds. The van der Waals surface area contributed by atoms with Crippen molar-refractivity contribution in [3.63, 3.8) is 0 Å². The first-order valence-corrected chi connectivity index (χ1v) is 16.6. The maximum absolute atomic E-state index is 12.6. The van der Waals surface area contributed by atoms with E-state index >= 15 is 0 Å². The third-order valence-electron chi connectivity index (χ3n) is 12.1. The number of aliphatic carboxylic acids is 1. The van der Waals surface area contributed by atoms with E-state index in [-0.39, 0.29) is 53.3 Å². The molecule has 4 aliphatic rings.